The summed E-state index contributed by atoms with van der Waals surface area (Å²) >= 11 is 2.29. The second-order valence-electron chi connectivity index (χ2n) is 4.23. The van der Waals surface area contributed by atoms with Crippen molar-refractivity contribution >= 4 is 15.9 Å². The Morgan fingerprint density at radius 2 is 2.18 bits per heavy atom. The van der Waals surface area contributed by atoms with Crippen LogP contribution < -0.4 is 4.74 Å². The first kappa shape index (κ1) is 12.8. The lowest BCUT2D eigenvalue weighted by Crippen LogP contribution is -2.43. The smallest absolute Gasteiger partial charge is 0.333 e. The molecular weight excluding hydrogens is 294 g/mol. The van der Waals surface area contributed by atoms with E-state index >= 15 is 0 Å². The number of aryl methyl sites for hydroxylation is 1. The van der Waals surface area contributed by atoms with Gasteiger partial charge in [-0.15, -0.1) is 0 Å². The van der Waals surface area contributed by atoms with E-state index in [9.17, 15) is 13.9 Å². The molecule has 2 nitrogen and oxygen atoms in total. The van der Waals surface area contributed by atoms with Gasteiger partial charge in [-0.05, 0) is 58.5 Å². The van der Waals surface area contributed by atoms with Crippen molar-refractivity contribution in [3.8, 4) is 5.75 Å². The second kappa shape index (κ2) is 4.21. The molecule has 5 heteroatoms. The molecule has 94 valence electrons. The summed E-state index contributed by atoms with van der Waals surface area (Å²) in [5.41, 5.74) is -1.13. The Morgan fingerprint density at radius 1 is 1.47 bits per heavy atom. The molecule has 1 N–H and O–H groups in total. The summed E-state index contributed by atoms with van der Waals surface area (Å²) in [6.45, 7) is 0. The number of aliphatic hydroxyl groups is 1. The van der Waals surface area contributed by atoms with Gasteiger partial charge < -0.3 is 9.84 Å². The van der Waals surface area contributed by atoms with E-state index in [4.69, 9.17) is 4.74 Å². The number of halogens is 3. The lowest BCUT2D eigenvalue weighted by Gasteiger charge is -2.37. The molecule has 0 bridgehead atoms. The van der Waals surface area contributed by atoms with Gasteiger partial charge in [0.15, 0.2) is 5.60 Å². The Morgan fingerprint density at radius 3 is 2.76 bits per heavy atom. The molecule has 17 heavy (non-hydrogen) atoms. The Balaban J connectivity index is 2.52. The molecular formula is C12H13BrF2O2. The highest BCUT2D eigenvalue weighted by molar-refractivity contribution is 9.10. The van der Waals surface area contributed by atoms with E-state index in [1.807, 2.05) is 0 Å². The SMILES string of the molecule is COc1ccc2c(c1)CCCC2(O)C(F)(F)Br. The van der Waals surface area contributed by atoms with Gasteiger partial charge >= 0.3 is 4.83 Å². The fraction of sp³-hybridized carbons (Fsp3) is 0.500. The van der Waals surface area contributed by atoms with Crippen LogP contribution in [-0.4, -0.2) is 17.0 Å². The molecule has 0 saturated carbocycles. The van der Waals surface area contributed by atoms with Gasteiger partial charge in [-0.1, -0.05) is 6.07 Å². The number of fused-ring (bicyclic) bond motifs is 1. The molecule has 0 fully saturated rings. The number of rotatable bonds is 2. The molecule has 1 atom stereocenters. The average molecular weight is 307 g/mol. The molecule has 0 heterocycles. The lowest BCUT2D eigenvalue weighted by molar-refractivity contribution is -0.131. The maximum atomic E-state index is 13.5. The van der Waals surface area contributed by atoms with Gasteiger partial charge in [0.1, 0.15) is 5.75 Å². The van der Waals surface area contributed by atoms with Crippen LogP contribution in [0.3, 0.4) is 0 Å². The van der Waals surface area contributed by atoms with Crippen molar-refractivity contribution in [1.82, 2.24) is 0 Å². The molecule has 1 aliphatic rings. The van der Waals surface area contributed by atoms with Crippen molar-refractivity contribution in [3.63, 3.8) is 0 Å². The summed E-state index contributed by atoms with van der Waals surface area (Å²) in [6, 6.07) is 4.81. The van der Waals surface area contributed by atoms with Crippen LogP contribution in [0.5, 0.6) is 5.75 Å². The molecule has 1 aromatic rings. The average Bonchev–Trinajstić information content (AvgIpc) is 2.27. The Hall–Kier alpha value is -0.680. The van der Waals surface area contributed by atoms with Crippen LogP contribution >= 0.6 is 15.9 Å². The largest absolute Gasteiger partial charge is 0.497 e. The third-order valence-electron chi connectivity index (χ3n) is 3.21. The third-order valence-corrected chi connectivity index (χ3v) is 3.87. The summed E-state index contributed by atoms with van der Waals surface area (Å²) in [5.74, 6) is 0.617. The zero-order chi connectivity index (χ0) is 12.7. The molecule has 1 aliphatic carbocycles. The van der Waals surface area contributed by atoms with E-state index in [-0.39, 0.29) is 12.0 Å². The minimum atomic E-state index is -3.33. The van der Waals surface area contributed by atoms with Gasteiger partial charge in [-0.25, -0.2) is 0 Å². The van der Waals surface area contributed by atoms with E-state index in [2.05, 4.69) is 15.9 Å². The number of alkyl halides is 3. The van der Waals surface area contributed by atoms with Crippen LogP contribution in [0.2, 0.25) is 0 Å². The number of benzene rings is 1. The van der Waals surface area contributed by atoms with E-state index in [1.54, 1.807) is 12.1 Å². The molecule has 0 radical (unpaired) electrons. The van der Waals surface area contributed by atoms with Crippen LogP contribution in [0.1, 0.15) is 24.0 Å². The van der Waals surface area contributed by atoms with Crippen LogP contribution in [0, 0.1) is 0 Å². The first-order valence-corrected chi connectivity index (χ1v) is 6.14. The Bertz CT molecular complexity index is 431. The van der Waals surface area contributed by atoms with E-state index in [0.29, 0.717) is 18.6 Å². The van der Waals surface area contributed by atoms with Crippen molar-refractivity contribution in [2.24, 2.45) is 0 Å². The van der Waals surface area contributed by atoms with Crippen LogP contribution in [0.15, 0.2) is 18.2 Å². The maximum Gasteiger partial charge on any atom is 0.333 e. The predicted molar refractivity (Wildman–Crippen MR) is 63.7 cm³/mol. The molecule has 0 aliphatic heterocycles. The van der Waals surface area contributed by atoms with E-state index in [1.165, 1.54) is 13.2 Å². The van der Waals surface area contributed by atoms with Crippen molar-refractivity contribution in [2.75, 3.05) is 7.11 Å². The molecule has 2 rings (SSSR count). The highest BCUT2D eigenvalue weighted by Crippen LogP contribution is 2.49. The minimum absolute atomic E-state index is 0.0462. The second-order valence-corrected chi connectivity index (χ2v) is 5.23. The zero-order valence-corrected chi connectivity index (χ0v) is 10.9. The quantitative estimate of drug-likeness (QED) is 0.850. The fourth-order valence-electron chi connectivity index (χ4n) is 2.27. The maximum absolute atomic E-state index is 13.5. The van der Waals surface area contributed by atoms with E-state index in [0.717, 1.165) is 5.56 Å². The van der Waals surface area contributed by atoms with Crippen molar-refractivity contribution in [1.29, 1.82) is 0 Å². The topological polar surface area (TPSA) is 29.5 Å². The van der Waals surface area contributed by atoms with E-state index < -0.39 is 10.4 Å². The van der Waals surface area contributed by atoms with Gasteiger partial charge in [0.2, 0.25) is 0 Å². The molecule has 1 unspecified atom stereocenters. The fourth-order valence-corrected chi connectivity index (χ4v) is 2.68. The Labute approximate surface area is 107 Å². The van der Waals surface area contributed by atoms with Crippen LogP contribution in [0.4, 0.5) is 8.78 Å². The minimum Gasteiger partial charge on any atom is -0.497 e. The summed E-state index contributed by atoms with van der Waals surface area (Å²) in [7, 11) is 1.52. The van der Waals surface area contributed by atoms with Gasteiger partial charge in [0.05, 0.1) is 7.11 Å². The van der Waals surface area contributed by atoms with Gasteiger partial charge in [0, 0.05) is 0 Å². The highest BCUT2D eigenvalue weighted by atomic mass is 79.9. The molecule has 0 saturated heterocycles. The molecule has 0 spiro atoms. The highest BCUT2D eigenvalue weighted by Gasteiger charge is 2.53. The normalized spacial score (nSPS) is 24.3. The van der Waals surface area contributed by atoms with Crippen molar-refractivity contribution in [3.05, 3.63) is 29.3 Å². The summed E-state index contributed by atoms with van der Waals surface area (Å²) in [6.07, 6.45) is 1.25. The third kappa shape index (κ3) is 2.06. The predicted octanol–water partition coefficient (Wildman–Crippen LogP) is 3.21. The number of hydrogen-bond donors (Lipinski definition) is 1. The monoisotopic (exact) mass is 306 g/mol. The summed E-state index contributed by atoms with van der Waals surface area (Å²) < 4.78 is 32.0. The van der Waals surface area contributed by atoms with Crippen molar-refractivity contribution in [2.45, 2.75) is 29.7 Å². The first-order chi connectivity index (χ1) is 7.88. The Kier molecular flexibility index (Phi) is 3.16. The summed E-state index contributed by atoms with van der Waals surface area (Å²) in [5, 5.41) is 10.2. The van der Waals surface area contributed by atoms with Gasteiger partial charge in [-0.2, -0.15) is 8.78 Å². The summed E-state index contributed by atoms with van der Waals surface area (Å²) in [4.78, 5) is -3.33. The van der Waals surface area contributed by atoms with Crippen molar-refractivity contribution < 1.29 is 18.6 Å². The van der Waals surface area contributed by atoms with Crippen LogP contribution in [-0.2, 0) is 12.0 Å². The number of ether oxygens (including phenoxy) is 1. The zero-order valence-electron chi connectivity index (χ0n) is 9.34. The van der Waals surface area contributed by atoms with Gasteiger partial charge in [0.25, 0.3) is 0 Å². The van der Waals surface area contributed by atoms with Gasteiger partial charge in [-0.3, -0.25) is 0 Å². The first-order valence-electron chi connectivity index (χ1n) is 5.35. The van der Waals surface area contributed by atoms with Crippen LogP contribution in [0.25, 0.3) is 0 Å². The number of hydrogen-bond acceptors (Lipinski definition) is 2. The molecule has 0 aromatic heterocycles. The standard InChI is InChI=1S/C12H13BrF2O2/c1-17-9-4-5-10-8(7-9)3-2-6-11(10,16)12(13,14)15/h4-5,7,16H,2-3,6H2,1H3. The molecule has 1 aromatic carbocycles. The lowest BCUT2D eigenvalue weighted by atomic mass is 9.79. The number of methoxy groups -OCH3 is 1. The molecule has 0 amide bonds.